The van der Waals surface area contributed by atoms with Crippen molar-refractivity contribution in [3.05, 3.63) is 58.7 Å². The summed E-state index contributed by atoms with van der Waals surface area (Å²) >= 11 is 0. The molecule has 2 fully saturated rings. The number of benzene rings is 1. The maximum atomic E-state index is 13.7. The normalized spacial score (nSPS) is 29.4. The van der Waals surface area contributed by atoms with E-state index in [1.807, 2.05) is 0 Å². The molecule has 0 radical (unpaired) electrons. The van der Waals surface area contributed by atoms with Crippen LogP contribution in [0.1, 0.15) is 49.1 Å². The summed E-state index contributed by atoms with van der Waals surface area (Å²) in [6.07, 6.45) is 5.95. The van der Waals surface area contributed by atoms with Gasteiger partial charge in [-0.2, -0.15) is 9.74 Å². The van der Waals surface area contributed by atoms with Gasteiger partial charge < -0.3 is 9.94 Å². The van der Waals surface area contributed by atoms with Gasteiger partial charge in [-0.3, -0.25) is 4.90 Å². The number of ether oxygens (including phenoxy) is 1. The molecule has 4 heterocycles. The third-order valence-electron chi connectivity index (χ3n) is 6.79. The largest absolute Gasteiger partial charge is 0.598 e. The molecule has 3 aliphatic rings. The quantitative estimate of drug-likeness (QED) is 0.561. The van der Waals surface area contributed by atoms with Gasteiger partial charge in [0, 0.05) is 44.6 Å². The number of rotatable bonds is 5. The summed E-state index contributed by atoms with van der Waals surface area (Å²) in [5.41, 5.74) is 2.08. The van der Waals surface area contributed by atoms with Crippen molar-refractivity contribution in [3.63, 3.8) is 0 Å². The summed E-state index contributed by atoms with van der Waals surface area (Å²) < 4.78 is 4.74. The topological polar surface area (TPSA) is 73.7 Å². The van der Waals surface area contributed by atoms with Gasteiger partial charge >= 0.3 is 0 Å². The molecular weight excluding hydrogens is 378 g/mol. The standard InChI is InChI=1S/C23H29N5O2/c1-2-18-15-27(14-17-6-4-3-5-7-17)16-21(18)22-24-12-19-13-25-28(29,23(19)26-22)20-8-10-30-11-9-20/h3-7,12-13,18,20-21H,2,8-11,14-16H2,1H3/t18-,21-,28?/m1/s1. The highest BCUT2D eigenvalue weighted by atomic mass is 16.6. The molecule has 1 aromatic carbocycles. The number of hydroxylamine groups is 1. The Bertz CT molecular complexity index is 915. The second-order valence-corrected chi connectivity index (χ2v) is 8.67. The molecular formula is C23H29N5O2. The molecule has 0 saturated carbocycles. The van der Waals surface area contributed by atoms with Gasteiger partial charge in [-0.1, -0.05) is 48.8 Å². The molecule has 0 amide bonds. The molecule has 2 saturated heterocycles. The number of nitrogens with zero attached hydrogens (tertiary/aromatic N) is 5. The van der Waals surface area contributed by atoms with Gasteiger partial charge in [0.1, 0.15) is 23.6 Å². The van der Waals surface area contributed by atoms with E-state index in [9.17, 15) is 5.21 Å². The Balaban J connectivity index is 1.39. The van der Waals surface area contributed by atoms with Gasteiger partial charge in [-0.05, 0) is 11.5 Å². The minimum atomic E-state index is -0.703. The molecule has 2 aromatic rings. The SMILES string of the molecule is CC[C@@H]1CN(Cc2ccccc2)C[C@H]1c1ncc2c(n1)[N+]([O-])(C1CCOCC1)N=C2. The lowest BCUT2D eigenvalue weighted by Gasteiger charge is -2.40. The summed E-state index contributed by atoms with van der Waals surface area (Å²) in [7, 11) is 0. The summed E-state index contributed by atoms with van der Waals surface area (Å²) in [6, 6.07) is 10.5. The summed E-state index contributed by atoms with van der Waals surface area (Å²) in [5.74, 6) is 2.05. The van der Waals surface area contributed by atoms with Crippen LogP contribution in [0, 0.1) is 11.1 Å². The van der Waals surface area contributed by atoms with Crippen LogP contribution in [-0.2, 0) is 11.3 Å². The maximum Gasteiger partial charge on any atom is 0.267 e. The second-order valence-electron chi connectivity index (χ2n) is 8.67. The first-order valence-electron chi connectivity index (χ1n) is 11.0. The van der Waals surface area contributed by atoms with Gasteiger partial charge in [0.05, 0.1) is 13.2 Å². The van der Waals surface area contributed by atoms with Gasteiger partial charge in [-0.25, -0.2) is 4.98 Å². The molecule has 0 spiro atoms. The maximum absolute atomic E-state index is 13.7. The van der Waals surface area contributed by atoms with E-state index in [4.69, 9.17) is 9.72 Å². The number of fused-ring (bicyclic) bond motifs is 1. The Morgan fingerprint density at radius 3 is 2.73 bits per heavy atom. The number of likely N-dealkylation sites (tertiary alicyclic amines) is 1. The average Bonchev–Trinajstić information content (AvgIpc) is 3.36. The lowest BCUT2D eigenvalue weighted by Crippen LogP contribution is -2.49. The second kappa shape index (κ2) is 8.15. The van der Waals surface area contributed by atoms with Crippen LogP contribution < -0.4 is 4.76 Å². The highest BCUT2D eigenvalue weighted by Crippen LogP contribution is 2.39. The minimum Gasteiger partial charge on any atom is -0.598 e. The monoisotopic (exact) mass is 407 g/mol. The van der Waals surface area contributed by atoms with Crippen molar-refractivity contribution in [2.24, 2.45) is 11.0 Å². The zero-order chi connectivity index (χ0) is 20.6. The third kappa shape index (κ3) is 3.56. The summed E-state index contributed by atoms with van der Waals surface area (Å²) in [5, 5.41) is 18.0. The number of aromatic nitrogens is 2. The fourth-order valence-electron chi connectivity index (χ4n) is 5.06. The van der Waals surface area contributed by atoms with E-state index < -0.39 is 4.76 Å². The Morgan fingerprint density at radius 1 is 1.17 bits per heavy atom. The molecule has 7 nitrogen and oxygen atoms in total. The van der Waals surface area contributed by atoms with Gasteiger partial charge in [0.25, 0.3) is 5.82 Å². The lowest BCUT2D eigenvalue weighted by molar-refractivity contribution is 0.0516. The van der Waals surface area contributed by atoms with Crippen molar-refractivity contribution in [2.75, 3.05) is 26.3 Å². The van der Waals surface area contributed by atoms with Crippen LogP contribution in [0.2, 0.25) is 0 Å². The Morgan fingerprint density at radius 2 is 1.97 bits per heavy atom. The van der Waals surface area contributed by atoms with Crippen LogP contribution in [0.5, 0.6) is 0 Å². The van der Waals surface area contributed by atoms with Crippen LogP contribution in [0.25, 0.3) is 0 Å². The molecule has 30 heavy (non-hydrogen) atoms. The number of hydrogen-bond donors (Lipinski definition) is 0. The van der Waals surface area contributed by atoms with Gasteiger partial charge in [-0.15, -0.1) is 0 Å². The van der Waals surface area contributed by atoms with Crippen LogP contribution >= 0.6 is 0 Å². The van der Waals surface area contributed by atoms with E-state index in [-0.39, 0.29) is 12.0 Å². The Kier molecular flexibility index (Phi) is 5.37. The average molecular weight is 408 g/mol. The molecule has 0 aliphatic carbocycles. The van der Waals surface area contributed by atoms with E-state index in [0.29, 0.717) is 37.8 Å². The summed E-state index contributed by atoms with van der Waals surface area (Å²) in [4.78, 5) is 12.0. The van der Waals surface area contributed by atoms with Crippen molar-refractivity contribution in [1.82, 2.24) is 19.6 Å². The highest BCUT2D eigenvalue weighted by Gasteiger charge is 2.42. The van der Waals surface area contributed by atoms with Crippen molar-refractivity contribution >= 4 is 12.0 Å². The van der Waals surface area contributed by atoms with E-state index >= 15 is 0 Å². The van der Waals surface area contributed by atoms with Crippen molar-refractivity contribution < 1.29 is 4.74 Å². The Labute approximate surface area is 177 Å². The predicted molar refractivity (Wildman–Crippen MR) is 117 cm³/mol. The molecule has 0 N–H and O–H groups in total. The van der Waals surface area contributed by atoms with E-state index in [0.717, 1.165) is 37.4 Å². The van der Waals surface area contributed by atoms with E-state index in [1.54, 1.807) is 12.4 Å². The zero-order valence-corrected chi connectivity index (χ0v) is 17.5. The molecule has 5 rings (SSSR count). The fourth-order valence-corrected chi connectivity index (χ4v) is 5.06. The predicted octanol–water partition coefficient (Wildman–Crippen LogP) is 3.43. The van der Waals surface area contributed by atoms with Gasteiger partial charge in [0.15, 0.2) is 0 Å². The van der Waals surface area contributed by atoms with Crippen LogP contribution in [-0.4, -0.2) is 53.4 Å². The first-order valence-corrected chi connectivity index (χ1v) is 11.0. The first-order chi connectivity index (χ1) is 14.7. The third-order valence-corrected chi connectivity index (χ3v) is 6.79. The molecule has 3 aliphatic heterocycles. The lowest BCUT2D eigenvalue weighted by atomic mass is 9.93. The minimum absolute atomic E-state index is 0.126. The molecule has 7 heteroatoms. The van der Waals surface area contributed by atoms with Crippen molar-refractivity contribution in [2.45, 2.75) is 44.7 Å². The zero-order valence-electron chi connectivity index (χ0n) is 17.5. The van der Waals surface area contributed by atoms with Crippen LogP contribution in [0.4, 0.5) is 5.82 Å². The van der Waals surface area contributed by atoms with Crippen molar-refractivity contribution in [1.29, 1.82) is 0 Å². The van der Waals surface area contributed by atoms with Crippen LogP contribution in [0.3, 0.4) is 0 Å². The molecule has 1 unspecified atom stereocenters. The molecule has 158 valence electrons. The number of hydrogen-bond acceptors (Lipinski definition) is 6. The van der Waals surface area contributed by atoms with Crippen LogP contribution in [0.15, 0.2) is 41.6 Å². The summed E-state index contributed by atoms with van der Waals surface area (Å²) in [6.45, 7) is 6.35. The van der Waals surface area contributed by atoms with E-state index in [1.165, 1.54) is 5.56 Å². The molecule has 0 bridgehead atoms. The smallest absolute Gasteiger partial charge is 0.267 e. The fraction of sp³-hybridized carbons (Fsp3) is 0.522. The Hall–Kier alpha value is -2.19. The van der Waals surface area contributed by atoms with Crippen molar-refractivity contribution in [3.8, 4) is 0 Å². The van der Waals surface area contributed by atoms with E-state index in [2.05, 4.69) is 52.2 Å². The molecule has 1 aromatic heterocycles. The molecule has 3 atom stereocenters. The van der Waals surface area contributed by atoms with Gasteiger partial charge in [0.2, 0.25) is 0 Å². The first kappa shape index (κ1) is 19.8. The number of quaternary nitrogens is 1. The highest BCUT2D eigenvalue weighted by molar-refractivity contribution is 5.89.